The molecular formula is C17H16O4. The van der Waals surface area contributed by atoms with E-state index in [1.165, 1.54) is 0 Å². The Morgan fingerprint density at radius 3 is 2.14 bits per heavy atom. The maximum atomic E-state index is 12.0. The van der Waals surface area contributed by atoms with Crippen molar-refractivity contribution in [3.05, 3.63) is 66.7 Å². The Labute approximate surface area is 123 Å². The number of carbonyl (C=O) groups is 1. The first-order valence-electron chi connectivity index (χ1n) is 6.43. The molecule has 2 aromatic carbocycles. The van der Waals surface area contributed by atoms with Crippen LogP contribution in [0, 0.1) is 0 Å². The molecule has 0 aliphatic rings. The fourth-order valence-electron chi connectivity index (χ4n) is 1.65. The highest BCUT2D eigenvalue weighted by molar-refractivity contribution is 5.91. The molecule has 0 aromatic heterocycles. The van der Waals surface area contributed by atoms with Gasteiger partial charge in [-0.05, 0) is 48.5 Å². The molecule has 0 amide bonds. The molecule has 2 rings (SSSR count). The van der Waals surface area contributed by atoms with E-state index in [-0.39, 0.29) is 0 Å². The Hall–Kier alpha value is -2.75. The molecular weight excluding hydrogens is 268 g/mol. The van der Waals surface area contributed by atoms with Crippen molar-refractivity contribution in [3.63, 3.8) is 0 Å². The Bertz CT molecular complexity index is 600. The van der Waals surface area contributed by atoms with Crippen molar-refractivity contribution < 1.29 is 19.0 Å². The van der Waals surface area contributed by atoms with Crippen LogP contribution in [-0.2, 0) is 0 Å². The number of hydrogen-bond donors (Lipinski definition) is 0. The van der Waals surface area contributed by atoms with Gasteiger partial charge in [-0.3, -0.25) is 0 Å². The molecule has 2 aromatic rings. The number of ether oxygens (including phenoxy) is 3. The van der Waals surface area contributed by atoms with Crippen molar-refractivity contribution in [3.8, 4) is 17.2 Å². The number of rotatable bonds is 6. The summed E-state index contributed by atoms with van der Waals surface area (Å²) in [6, 6.07) is 13.6. The van der Waals surface area contributed by atoms with Gasteiger partial charge in [0.1, 0.15) is 23.9 Å². The second-order valence-corrected chi connectivity index (χ2v) is 4.19. The highest BCUT2D eigenvalue weighted by Crippen LogP contribution is 2.19. The van der Waals surface area contributed by atoms with Gasteiger partial charge in [-0.2, -0.15) is 0 Å². The lowest BCUT2D eigenvalue weighted by atomic mass is 10.2. The van der Waals surface area contributed by atoms with Crippen LogP contribution in [0.15, 0.2) is 61.2 Å². The predicted octanol–water partition coefficient (Wildman–Crippen LogP) is 3.48. The van der Waals surface area contributed by atoms with Gasteiger partial charge in [0.25, 0.3) is 0 Å². The number of methoxy groups -OCH3 is 1. The lowest BCUT2D eigenvalue weighted by Gasteiger charge is -2.07. The maximum Gasteiger partial charge on any atom is 0.343 e. The summed E-state index contributed by atoms with van der Waals surface area (Å²) in [6.45, 7) is 4.01. The van der Waals surface area contributed by atoms with Crippen LogP contribution < -0.4 is 14.2 Å². The lowest BCUT2D eigenvalue weighted by Crippen LogP contribution is -2.08. The Kier molecular flexibility index (Phi) is 4.99. The molecule has 0 heterocycles. The molecule has 0 N–H and O–H groups in total. The normalized spacial score (nSPS) is 9.76. The minimum Gasteiger partial charge on any atom is -0.497 e. The summed E-state index contributed by atoms with van der Waals surface area (Å²) >= 11 is 0. The second-order valence-electron chi connectivity index (χ2n) is 4.19. The summed E-state index contributed by atoms with van der Waals surface area (Å²) in [7, 11) is 1.57. The summed E-state index contributed by atoms with van der Waals surface area (Å²) in [6.07, 6.45) is 1.66. The zero-order chi connectivity index (χ0) is 15.1. The SMILES string of the molecule is C=CCOc1ccc(OC(=O)c2ccc(OC)cc2)cc1. The van der Waals surface area contributed by atoms with Gasteiger partial charge in [-0.15, -0.1) is 0 Å². The van der Waals surface area contributed by atoms with E-state index in [9.17, 15) is 4.79 Å². The quantitative estimate of drug-likeness (QED) is 0.463. The van der Waals surface area contributed by atoms with E-state index >= 15 is 0 Å². The fourth-order valence-corrected chi connectivity index (χ4v) is 1.65. The molecule has 4 nitrogen and oxygen atoms in total. The van der Waals surface area contributed by atoms with E-state index in [1.54, 1.807) is 61.7 Å². The van der Waals surface area contributed by atoms with Crippen LogP contribution in [0.1, 0.15) is 10.4 Å². The zero-order valence-corrected chi connectivity index (χ0v) is 11.7. The van der Waals surface area contributed by atoms with Gasteiger partial charge in [0.15, 0.2) is 0 Å². The van der Waals surface area contributed by atoms with Gasteiger partial charge in [-0.25, -0.2) is 4.79 Å². The van der Waals surface area contributed by atoms with E-state index in [0.717, 1.165) is 0 Å². The highest BCUT2D eigenvalue weighted by atomic mass is 16.5. The molecule has 0 saturated carbocycles. The smallest absolute Gasteiger partial charge is 0.343 e. The molecule has 108 valence electrons. The molecule has 0 fully saturated rings. The average molecular weight is 284 g/mol. The first-order chi connectivity index (χ1) is 10.2. The van der Waals surface area contributed by atoms with Gasteiger partial charge in [0.05, 0.1) is 12.7 Å². The third kappa shape index (κ3) is 4.11. The predicted molar refractivity (Wildman–Crippen MR) is 80.1 cm³/mol. The molecule has 0 atom stereocenters. The fraction of sp³-hybridized carbons (Fsp3) is 0.118. The topological polar surface area (TPSA) is 44.8 Å². The lowest BCUT2D eigenvalue weighted by molar-refractivity contribution is 0.0734. The van der Waals surface area contributed by atoms with Crippen LogP contribution in [0.25, 0.3) is 0 Å². The van der Waals surface area contributed by atoms with Crippen molar-refractivity contribution in [1.29, 1.82) is 0 Å². The Morgan fingerprint density at radius 1 is 1.00 bits per heavy atom. The minimum absolute atomic E-state index is 0.419. The van der Waals surface area contributed by atoms with Crippen LogP contribution in [0.5, 0.6) is 17.2 Å². The summed E-state index contributed by atoms with van der Waals surface area (Å²) in [5.41, 5.74) is 0.461. The molecule has 4 heteroatoms. The summed E-state index contributed by atoms with van der Waals surface area (Å²) in [5, 5.41) is 0. The van der Waals surface area contributed by atoms with Crippen LogP contribution in [-0.4, -0.2) is 19.7 Å². The molecule has 0 radical (unpaired) electrons. The zero-order valence-electron chi connectivity index (χ0n) is 11.7. The van der Waals surface area contributed by atoms with Gasteiger partial charge in [0, 0.05) is 0 Å². The molecule has 0 spiro atoms. The van der Waals surface area contributed by atoms with Gasteiger partial charge >= 0.3 is 5.97 Å². The molecule has 0 unspecified atom stereocenters. The van der Waals surface area contributed by atoms with Gasteiger partial charge < -0.3 is 14.2 Å². The van der Waals surface area contributed by atoms with Crippen LogP contribution in [0.4, 0.5) is 0 Å². The van der Waals surface area contributed by atoms with E-state index in [0.29, 0.717) is 29.4 Å². The van der Waals surface area contributed by atoms with Gasteiger partial charge in [0.2, 0.25) is 0 Å². The monoisotopic (exact) mass is 284 g/mol. The van der Waals surface area contributed by atoms with Crippen LogP contribution >= 0.6 is 0 Å². The first-order valence-corrected chi connectivity index (χ1v) is 6.43. The van der Waals surface area contributed by atoms with E-state index in [2.05, 4.69) is 6.58 Å². The molecule has 0 saturated heterocycles. The summed E-state index contributed by atoms with van der Waals surface area (Å²) in [5.74, 6) is 1.42. The highest BCUT2D eigenvalue weighted by Gasteiger charge is 2.08. The third-order valence-electron chi connectivity index (χ3n) is 2.73. The standard InChI is InChI=1S/C17H16O4/c1-3-12-20-15-8-10-16(11-9-15)21-17(18)13-4-6-14(19-2)7-5-13/h3-11H,1,12H2,2H3. The maximum absolute atomic E-state index is 12.0. The van der Waals surface area contributed by atoms with E-state index < -0.39 is 5.97 Å². The second kappa shape index (κ2) is 7.14. The van der Waals surface area contributed by atoms with Crippen molar-refractivity contribution >= 4 is 5.97 Å². The summed E-state index contributed by atoms with van der Waals surface area (Å²) < 4.78 is 15.7. The number of benzene rings is 2. The molecule has 21 heavy (non-hydrogen) atoms. The van der Waals surface area contributed by atoms with Crippen molar-refractivity contribution in [1.82, 2.24) is 0 Å². The number of hydrogen-bond acceptors (Lipinski definition) is 4. The largest absolute Gasteiger partial charge is 0.497 e. The van der Waals surface area contributed by atoms with E-state index in [1.807, 2.05) is 0 Å². The first kappa shape index (κ1) is 14.7. The van der Waals surface area contributed by atoms with Crippen LogP contribution in [0.2, 0.25) is 0 Å². The molecule has 0 bridgehead atoms. The van der Waals surface area contributed by atoms with Crippen molar-refractivity contribution in [2.75, 3.05) is 13.7 Å². The average Bonchev–Trinajstić information content (AvgIpc) is 2.54. The molecule has 0 aliphatic heterocycles. The number of esters is 1. The Morgan fingerprint density at radius 2 is 1.57 bits per heavy atom. The Balaban J connectivity index is 1.99. The van der Waals surface area contributed by atoms with Crippen molar-refractivity contribution in [2.45, 2.75) is 0 Å². The minimum atomic E-state index is -0.419. The molecule has 0 aliphatic carbocycles. The third-order valence-corrected chi connectivity index (χ3v) is 2.73. The van der Waals surface area contributed by atoms with Crippen molar-refractivity contribution in [2.24, 2.45) is 0 Å². The number of carbonyl (C=O) groups excluding carboxylic acids is 1. The van der Waals surface area contributed by atoms with Gasteiger partial charge in [-0.1, -0.05) is 12.7 Å². The summed E-state index contributed by atoms with van der Waals surface area (Å²) in [4.78, 5) is 12.0. The van der Waals surface area contributed by atoms with Crippen LogP contribution in [0.3, 0.4) is 0 Å². The van der Waals surface area contributed by atoms with E-state index in [4.69, 9.17) is 14.2 Å².